The summed E-state index contributed by atoms with van der Waals surface area (Å²) >= 11 is 0. The lowest BCUT2D eigenvalue weighted by Crippen LogP contribution is -2.45. The third-order valence-corrected chi connectivity index (χ3v) is 2.85. The predicted molar refractivity (Wildman–Crippen MR) is 78.8 cm³/mol. The largest absolute Gasteiger partial charge is 0.466 e. The number of piperidine rings is 1. The molecule has 0 aromatic carbocycles. The van der Waals surface area contributed by atoms with Crippen LogP contribution in [0, 0.1) is 5.92 Å². The maximum atomic E-state index is 11.5. The van der Waals surface area contributed by atoms with Gasteiger partial charge in [0.05, 0.1) is 12.5 Å². The Balaban J connectivity index is 0.00000256. The average molecular weight is 355 g/mol. The minimum absolute atomic E-state index is 0. The first-order chi connectivity index (χ1) is 7.72. The molecule has 6 heteroatoms. The lowest BCUT2D eigenvalue weighted by molar-refractivity contribution is -0.149. The fourth-order valence-electron chi connectivity index (χ4n) is 2.00. The van der Waals surface area contributed by atoms with Crippen LogP contribution < -0.4 is 5.32 Å². The zero-order valence-electron chi connectivity index (χ0n) is 10.7. The van der Waals surface area contributed by atoms with Gasteiger partial charge in [-0.2, -0.15) is 0 Å². The Bertz CT molecular complexity index is 263. The van der Waals surface area contributed by atoms with Gasteiger partial charge >= 0.3 is 5.97 Å². The molecule has 0 aromatic heterocycles. The van der Waals surface area contributed by atoms with E-state index in [1.54, 1.807) is 7.05 Å². The Morgan fingerprint density at radius 3 is 2.47 bits per heavy atom. The molecule has 0 radical (unpaired) electrons. The molecule has 100 valence electrons. The molecule has 0 amide bonds. The van der Waals surface area contributed by atoms with Crippen molar-refractivity contribution < 1.29 is 9.53 Å². The van der Waals surface area contributed by atoms with Crippen molar-refractivity contribution in [1.29, 1.82) is 0 Å². The molecule has 0 unspecified atom stereocenters. The van der Waals surface area contributed by atoms with Gasteiger partial charge in [-0.25, -0.2) is 0 Å². The second kappa shape index (κ2) is 8.54. The number of nitrogens with one attached hydrogen (secondary N) is 1. The third kappa shape index (κ3) is 4.69. The van der Waals surface area contributed by atoms with Gasteiger partial charge in [0.1, 0.15) is 0 Å². The second-order valence-corrected chi connectivity index (χ2v) is 3.81. The number of nitrogens with zero attached hydrogens (tertiary/aromatic N) is 2. The highest BCUT2D eigenvalue weighted by Crippen LogP contribution is 2.18. The molecule has 5 nitrogen and oxygen atoms in total. The van der Waals surface area contributed by atoms with Crippen molar-refractivity contribution >= 4 is 35.9 Å². The van der Waals surface area contributed by atoms with Crippen molar-refractivity contribution in [3.05, 3.63) is 0 Å². The van der Waals surface area contributed by atoms with Crippen LogP contribution in [0.4, 0.5) is 0 Å². The monoisotopic (exact) mass is 355 g/mol. The highest BCUT2D eigenvalue weighted by atomic mass is 127. The Labute approximate surface area is 120 Å². The Morgan fingerprint density at radius 2 is 2.06 bits per heavy atom. The van der Waals surface area contributed by atoms with Crippen LogP contribution in [0.3, 0.4) is 0 Å². The van der Waals surface area contributed by atoms with Crippen LogP contribution >= 0.6 is 24.0 Å². The molecular formula is C11H22IN3O2. The van der Waals surface area contributed by atoms with Gasteiger partial charge in [0.2, 0.25) is 0 Å². The van der Waals surface area contributed by atoms with Crippen molar-refractivity contribution in [3.63, 3.8) is 0 Å². The van der Waals surface area contributed by atoms with E-state index < -0.39 is 0 Å². The number of carbonyl (C=O) groups excluding carboxylic acids is 1. The molecule has 0 saturated carbocycles. The number of halogens is 1. The van der Waals surface area contributed by atoms with Gasteiger partial charge in [0.15, 0.2) is 5.96 Å². The standard InChI is InChI=1S/C11H21N3O2.HI/c1-4-16-10(15)9-5-7-14(8-6-9)11(12-2)13-3;/h9H,4-8H2,1-3H3,(H,12,13);1H. The first kappa shape index (κ1) is 16.5. The van der Waals surface area contributed by atoms with Gasteiger partial charge in [-0.15, -0.1) is 24.0 Å². The summed E-state index contributed by atoms with van der Waals surface area (Å²) in [5, 5.41) is 3.05. The highest BCUT2D eigenvalue weighted by Gasteiger charge is 2.26. The number of hydrogen-bond donors (Lipinski definition) is 1. The number of guanidine groups is 1. The normalized spacial score (nSPS) is 17.4. The molecular weight excluding hydrogens is 333 g/mol. The van der Waals surface area contributed by atoms with E-state index in [0.29, 0.717) is 6.61 Å². The topological polar surface area (TPSA) is 53.9 Å². The van der Waals surface area contributed by atoms with E-state index in [1.807, 2.05) is 14.0 Å². The van der Waals surface area contributed by atoms with Crippen LogP contribution in [0.15, 0.2) is 4.99 Å². The zero-order valence-corrected chi connectivity index (χ0v) is 13.1. The summed E-state index contributed by atoms with van der Waals surface area (Å²) in [5.41, 5.74) is 0. The van der Waals surface area contributed by atoms with Crippen LogP contribution in [0.5, 0.6) is 0 Å². The molecule has 1 rings (SSSR count). The average Bonchev–Trinajstić information content (AvgIpc) is 2.32. The number of ether oxygens (including phenoxy) is 1. The number of hydrogen-bond acceptors (Lipinski definition) is 3. The fourth-order valence-corrected chi connectivity index (χ4v) is 2.00. The summed E-state index contributed by atoms with van der Waals surface area (Å²) in [4.78, 5) is 17.8. The van der Waals surface area contributed by atoms with Gasteiger partial charge in [0.25, 0.3) is 0 Å². The molecule has 1 heterocycles. The van der Waals surface area contributed by atoms with Gasteiger partial charge in [-0.1, -0.05) is 0 Å². The highest BCUT2D eigenvalue weighted by molar-refractivity contribution is 14.0. The van der Waals surface area contributed by atoms with Crippen molar-refractivity contribution in [2.24, 2.45) is 10.9 Å². The Hall–Kier alpha value is -0.530. The van der Waals surface area contributed by atoms with E-state index in [4.69, 9.17) is 4.74 Å². The SMILES string of the molecule is CCOC(=O)C1CCN(C(=NC)NC)CC1.I. The van der Waals surface area contributed by atoms with Crippen molar-refractivity contribution in [3.8, 4) is 0 Å². The molecule has 0 atom stereocenters. The zero-order chi connectivity index (χ0) is 12.0. The molecule has 0 aliphatic carbocycles. The maximum absolute atomic E-state index is 11.5. The predicted octanol–water partition coefficient (Wildman–Crippen LogP) is 1.08. The number of carbonyl (C=O) groups is 1. The Kier molecular flexibility index (Phi) is 8.28. The summed E-state index contributed by atoms with van der Waals surface area (Å²) in [7, 11) is 3.63. The number of likely N-dealkylation sites (tertiary alicyclic amines) is 1. The molecule has 0 aromatic rings. The van der Waals surface area contributed by atoms with Crippen LogP contribution in [-0.4, -0.2) is 50.6 Å². The first-order valence-electron chi connectivity index (χ1n) is 5.79. The quantitative estimate of drug-likeness (QED) is 0.349. The number of aliphatic imine (C=N–C) groups is 1. The molecule has 1 aliphatic rings. The molecule has 0 bridgehead atoms. The van der Waals surface area contributed by atoms with Crippen molar-refractivity contribution in [2.45, 2.75) is 19.8 Å². The maximum Gasteiger partial charge on any atom is 0.309 e. The van der Waals surface area contributed by atoms with E-state index in [9.17, 15) is 4.79 Å². The molecule has 0 spiro atoms. The van der Waals surface area contributed by atoms with Gasteiger partial charge in [-0.05, 0) is 19.8 Å². The third-order valence-electron chi connectivity index (χ3n) is 2.85. The van der Waals surface area contributed by atoms with Crippen LogP contribution in [-0.2, 0) is 9.53 Å². The van der Waals surface area contributed by atoms with Crippen molar-refractivity contribution in [2.75, 3.05) is 33.8 Å². The summed E-state index contributed by atoms with van der Waals surface area (Å²) in [5.74, 6) is 0.898. The second-order valence-electron chi connectivity index (χ2n) is 3.81. The number of rotatable bonds is 2. The van der Waals surface area contributed by atoms with E-state index in [1.165, 1.54) is 0 Å². The summed E-state index contributed by atoms with van der Waals surface area (Å²) in [6, 6.07) is 0. The van der Waals surface area contributed by atoms with E-state index in [2.05, 4.69) is 15.2 Å². The summed E-state index contributed by atoms with van der Waals surface area (Å²) in [6.07, 6.45) is 1.69. The van der Waals surface area contributed by atoms with Crippen LogP contribution in [0.1, 0.15) is 19.8 Å². The molecule has 1 aliphatic heterocycles. The lowest BCUT2D eigenvalue weighted by Gasteiger charge is -2.32. The summed E-state index contributed by atoms with van der Waals surface area (Å²) in [6.45, 7) is 4.03. The van der Waals surface area contributed by atoms with Crippen LogP contribution in [0.25, 0.3) is 0 Å². The first-order valence-corrected chi connectivity index (χ1v) is 5.79. The minimum atomic E-state index is -0.0541. The summed E-state index contributed by atoms with van der Waals surface area (Å²) < 4.78 is 5.03. The molecule has 1 saturated heterocycles. The van der Waals surface area contributed by atoms with Gasteiger partial charge in [0, 0.05) is 27.2 Å². The van der Waals surface area contributed by atoms with Crippen LogP contribution in [0.2, 0.25) is 0 Å². The van der Waals surface area contributed by atoms with E-state index in [0.717, 1.165) is 31.9 Å². The minimum Gasteiger partial charge on any atom is -0.466 e. The smallest absolute Gasteiger partial charge is 0.309 e. The van der Waals surface area contributed by atoms with E-state index >= 15 is 0 Å². The molecule has 1 N–H and O–H groups in total. The molecule has 1 fully saturated rings. The van der Waals surface area contributed by atoms with Gasteiger partial charge < -0.3 is 15.0 Å². The van der Waals surface area contributed by atoms with Gasteiger partial charge in [-0.3, -0.25) is 9.79 Å². The Morgan fingerprint density at radius 1 is 1.47 bits per heavy atom. The molecule has 17 heavy (non-hydrogen) atoms. The lowest BCUT2D eigenvalue weighted by atomic mass is 9.97. The van der Waals surface area contributed by atoms with E-state index in [-0.39, 0.29) is 35.9 Å². The number of esters is 1. The van der Waals surface area contributed by atoms with Crippen molar-refractivity contribution in [1.82, 2.24) is 10.2 Å². The fraction of sp³-hybridized carbons (Fsp3) is 0.818.